The Morgan fingerprint density at radius 3 is 2.93 bits per heavy atom. The van der Waals surface area contributed by atoms with Gasteiger partial charge in [0.1, 0.15) is 5.82 Å². The minimum absolute atomic E-state index is 0.301. The lowest BCUT2D eigenvalue weighted by atomic mass is 10.3. The number of hydrogen-bond acceptors (Lipinski definition) is 2. The van der Waals surface area contributed by atoms with E-state index in [1.165, 1.54) is 12.1 Å². The van der Waals surface area contributed by atoms with Gasteiger partial charge in [-0.25, -0.2) is 4.39 Å². The van der Waals surface area contributed by atoms with Crippen LogP contribution < -0.4 is 5.32 Å². The third kappa shape index (κ3) is 3.76. The maximum absolute atomic E-state index is 12.7. The third-order valence-corrected chi connectivity index (χ3v) is 2.78. The highest BCUT2D eigenvalue weighted by Crippen LogP contribution is 2.22. The van der Waals surface area contributed by atoms with Gasteiger partial charge >= 0.3 is 0 Å². The molecule has 0 aliphatic heterocycles. The van der Waals surface area contributed by atoms with Gasteiger partial charge in [0, 0.05) is 6.54 Å². The maximum Gasteiger partial charge on any atom is 0.124 e. The summed E-state index contributed by atoms with van der Waals surface area (Å²) in [4.78, 5) is 0. The Kier molecular flexibility index (Phi) is 5.12. The van der Waals surface area contributed by atoms with Gasteiger partial charge in [0.15, 0.2) is 0 Å². The Labute approximate surface area is 93.0 Å². The molecule has 0 saturated carbocycles. The van der Waals surface area contributed by atoms with E-state index in [0.29, 0.717) is 5.02 Å². The largest absolute Gasteiger partial charge is 0.384 e. The minimum Gasteiger partial charge on any atom is -0.384 e. The molecule has 0 radical (unpaired) electrons. The molecule has 1 aromatic carbocycles. The van der Waals surface area contributed by atoms with E-state index in [0.717, 1.165) is 24.4 Å². The van der Waals surface area contributed by atoms with Crippen LogP contribution in [0.25, 0.3) is 0 Å². The molecule has 0 saturated heterocycles. The Bertz CT molecular complexity index is 293. The zero-order valence-corrected chi connectivity index (χ0v) is 9.59. The highest BCUT2D eigenvalue weighted by molar-refractivity contribution is 7.98. The zero-order chi connectivity index (χ0) is 10.4. The molecule has 4 heteroatoms. The van der Waals surface area contributed by atoms with Crippen LogP contribution in [0.5, 0.6) is 0 Å². The Morgan fingerprint density at radius 2 is 2.29 bits per heavy atom. The second-order valence-corrected chi connectivity index (χ2v) is 4.29. The van der Waals surface area contributed by atoms with Crippen molar-refractivity contribution in [1.29, 1.82) is 0 Å². The summed E-state index contributed by atoms with van der Waals surface area (Å²) in [6.45, 7) is 0.867. The van der Waals surface area contributed by atoms with Crippen molar-refractivity contribution >= 4 is 29.1 Å². The van der Waals surface area contributed by atoms with Gasteiger partial charge < -0.3 is 5.32 Å². The van der Waals surface area contributed by atoms with Crippen molar-refractivity contribution in [3.05, 3.63) is 29.0 Å². The van der Waals surface area contributed by atoms with Gasteiger partial charge in [-0.05, 0) is 36.6 Å². The third-order valence-electron chi connectivity index (χ3n) is 1.77. The molecule has 1 nitrogen and oxygen atoms in total. The second kappa shape index (κ2) is 6.14. The number of benzene rings is 1. The smallest absolute Gasteiger partial charge is 0.124 e. The lowest BCUT2D eigenvalue weighted by Crippen LogP contribution is -2.02. The molecule has 78 valence electrons. The van der Waals surface area contributed by atoms with Crippen LogP contribution in [0, 0.1) is 5.82 Å². The average molecular weight is 234 g/mol. The summed E-state index contributed by atoms with van der Waals surface area (Å²) >= 11 is 7.65. The first-order valence-electron chi connectivity index (χ1n) is 4.42. The quantitative estimate of drug-likeness (QED) is 0.780. The Morgan fingerprint density at radius 1 is 1.50 bits per heavy atom. The Hall–Kier alpha value is -0.410. The van der Waals surface area contributed by atoms with Gasteiger partial charge in [0.05, 0.1) is 10.7 Å². The summed E-state index contributed by atoms with van der Waals surface area (Å²) < 4.78 is 12.7. The van der Waals surface area contributed by atoms with Crippen LogP contribution in [-0.2, 0) is 0 Å². The number of rotatable bonds is 5. The molecule has 1 rings (SSSR count). The van der Waals surface area contributed by atoms with Crippen molar-refractivity contribution in [2.24, 2.45) is 0 Å². The number of thioether (sulfide) groups is 1. The molecule has 0 bridgehead atoms. The summed E-state index contributed by atoms with van der Waals surface area (Å²) in [5, 5.41) is 3.60. The fourth-order valence-corrected chi connectivity index (χ4v) is 1.74. The monoisotopic (exact) mass is 233 g/mol. The standard InChI is InChI=1S/C10H13ClFNS/c1-14-6-2-5-13-10-4-3-8(12)7-9(10)11/h3-4,7,13H,2,5-6H2,1H3. The number of anilines is 1. The van der Waals surface area contributed by atoms with E-state index in [1.807, 2.05) is 11.8 Å². The molecule has 0 aromatic heterocycles. The summed E-state index contributed by atoms with van der Waals surface area (Å²) in [7, 11) is 0. The summed E-state index contributed by atoms with van der Waals surface area (Å²) in [6, 6.07) is 4.39. The van der Waals surface area contributed by atoms with Crippen molar-refractivity contribution in [2.45, 2.75) is 6.42 Å². The van der Waals surface area contributed by atoms with Crippen molar-refractivity contribution in [3.63, 3.8) is 0 Å². The van der Waals surface area contributed by atoms with Crippen LogP contribution in [0.1, 0.15) is 6.42 Å². The molecule has 1 aromatic rings. The zero-order valence-electron chi connectivity index (χ0n) is 8.02. The van der Waals surface area contributed by atoms with Gasteiger partial charge in [-0.1, -0.05) is 11.6 Å². The van der Waals surface area contributed by atoms with Crippen LogP contribution in [0.2, 0.25) is 5.02 Å². The first-order chi connectivity index (χ1) is 6.74. The summed E-state index contributed by atoms with van der Waals surface area (Å²) in [6.07, 6.45) is 3.15. The van der Waals surface area contributed by atoms with E-state index in [2.05, 4.69) is 11.6 Å². The van der Waals surface area contributed by atoms with Gasteiger partial charge in [0.2, 0.25) is 0 Å². The van der Waals surface area contributed by atoms with Crippen molar-refractivity contribution in [2.75, 3.05) is 23.9 Å². The highest BCUT2D eigenvalue weighted by Gasteiger charge is 2.00. The van der Waals surface area contributed by atoms with Crippen molar-refractivity contribution in [1.82, 2.24) is 0 Å². The normalized spacial score (nSPS) is 10.2. The van der Waals surface area contributed by atoms with Crippen LogP contribution in [-0.4, -0.2) is 18.6 Å². The molecular weight excluding hydrogens is 221 g/mol. The van der Waals surface area contributed by atoms with E-state index in [-0.39, 0.29) is 5.82 Å². The van der Waals surface area contributed by atoms with E-state index >= 15 is 0 Å². The summed E-state index contributed by atoms with van der Waals surface area (Å²) in [5.41, 5.74) is 0.800. The highest BCUT2D eigenvalue weighted by atomic mass is 35.5. The van der Waals surface area contributed by atoms with E-state index in [1.54, 1.807) is 6.07 Å². The van der Waals surface area contributed by atoms with Crippen LogP contribution in [0.4, 0.5) is 10.1 Å². The van der Waals surface area contributed by atoms with Crippen LogP contribution in [0.15, 0.2) is 18.2 Å². The number of halogens is 2. The molecule has 1 N–H and O–H groups in total. The second-order valence-electron chi connectivity index (χ2n) is 2.90. The van der Waals surface area contributed by atoms with Crippen molar-refractivity contribution < 1.29 is 4.39 Å². The predicted molar refractivity (Wildman–Crippen MR) is 62.9 cm³/mol. The first-order valence-corrected chi connectivity index (χ1v) is 6.19. The van der Waals surface area contributed by atoms with Gasteiger partial charge in [-0.3, -0.25) is 0 Å². The lowest BCUT2D eigenvalue weighted by molar-refractivity contribution is 0.628. The van der Waals surface area contributed by atoms with Gasteiger partial charge in [0.25, 0.3) is 0 Å². The molecule has 14 heavy (non-hydrogen) atoms. The molecule has 0 unspecified atom stereocenters. The number of hydrogen-bond donors (Lipinski definition) is 1. The minimum atomic E-state index is -0.301. The molecule has 0 amide bonds. The molecule has 0 spiro atoms. The van der Waals surface area contributed by atoms with Crippen LogP contribution >= 0.6 is 23.4 Å². The molecule has 0 aliphatic rings. The Balaban J connectivity index is 2.42. The predicted octanol–water partition coefficient (Wildman–Crippen LogP) is 3.64. The molecule has 0 heterocycles. The van der Waals surface area contributed by atoms with E-state index in [9.17, 15) is 4.39 Å². The van der Waals surface area contributed by atoms with Gasteiger partial charge in [-0.15, -0.1) is 0 Å². The fraction of sp³-hybridized carbons (Fsp3) is 0.400. The van der Waals surface area contributed by atoms with Crippen molar-refractivity contribution in [3.8, 4) is 0 Å². The molecule has 0 fully saturated rings. The van der Waals surface area contributed by atoms with Crippen LogP contribution in [0.3, 0.4) is 0 Å². The SMILES string of the molecule is CSCCCNc1ccc(F)cc1Cl. The van der Waals surface area contributed by atoms with Gasteiger partial charge in [-0.2, -0.15) is 11.8 Å². The maximum atomic E-state index is 12.7. The first kappa shape index (κ1) is 11.7. The molecule has 0 atom stereocenters. The number of nitrogens with one attached hydrogen (secondary N) is 1. The van der Waals surface area contributed by atoms with E-state index in [4.69, 9.17) is 11.6 Å². The molecular formula is C10H13ClFNS. The average Bonchev–Trinajstić information content (AvgIpc) is 2.15. The molecule has 0 aliphatic carbocycles. The lowest BCUT2D eigenvalue weighted by Gasteiger charge is -2.07. The summed E-state index contributed by atoms with van der Waals surface area (Å²) in [5.74, 6) is 0.816. The van der Waals surface area contributed by atoms with E-state index < -0.39 is 0 Å². The fourth-order valence-electron chi connectivity index (χ4n) is 1.07. The topological polar surface area (TPSA) is 12.0 Å².